The Bertz CT molecular complexity index is 262. The first-order valence-corrected chi connectivity index (χ1v) is 5.64. The second-order valence-corrected chi connectivity index (χ2v) is 4.46. The molecule has 0 atom stereocenters. The molecule has 0 aromatic carbocycles. The highest BCUT2D eigenvalue weighted by Gasteiger charge is 2.29. The first-order chi connectivity index (χ1) is 7.38. The summed E-state index contributed by atoms with van der Waals surface area (Å²) in [5.74, 6) is 0.267. The van der Waals surface area contributed by atoms with Gasteiger partial charge in [-0.3, -0.25) is 4.79 Å². The Morgan fingerprint density at radius 3 is 2.38 bits per heavy atom. The number of hydrogen-bond acceptors (Lipinski definition) is 3. The lowest BCUT2D eigenvalue weighted by Crippen LogP contribution is -2.42. The number of carbonyl (C=O) groups is 1. The van der Waals surface area contributed by atoms with Crippen molar-refractivity contribution in [2.24, 2.45) is 16.3 Å². The van der Waals surface area contributed by atoms with Crippen LogP contribution < -0.4 is 5.73 Å². The number of amidine groups is 1. The number of rotatable bonds is 6. The fourth-order valence-electron chi connectivity index (χ4n) is 1.28. The third-order valence-corrected chi connectivity index (χ3v) is 2.90. The van der Waals surface area contributed by atoms with Crippen LogP contribution in [0.2, 0.25) is 0 Å². The van der Waals surface area contributed by atoms with Gasteiger partial charge in [0.2, 0.25) is 5.91 Å². The fourth-order valence-corrected chi connectivity index (χ4v) is 1.28. The molecule has 0 rings (SSSR count). The van der Waals surface area contributed by atoms with Crippen molar-refractivity contribution >= 4 is 11.7 Å². The molecule has 94 valence electrons. The van der Waals surface area contributed by atoms with Gasteiger partial charge in [0, 0.05) is 24.9 Å². The number of nitrogens with two attached hydrogens (primary N) is 1. The van der Waals surface area contributed by atoms with Crippen molar-refractivity contribution in [2.45, 2.75) is 40.5 Å². The Morgan fingerprint density at radius 1 is 1.44 bits per heavy atom. The van der Waals surface area contributed by atoms with E-state index in [1.165, 1.54) is 0 Å². The van der Waals surface area contributed by atoms with Crippen LogP contribution >= 0.6 is 0 Å². The summed E-state index contributed by atoms with van der Waals surface area (Å²) in [5, 5.41) is 11.3. The Hall–Kier alpha value is -1.26. The lowest BCUT2D eigenvalue weighted by molar-refractivity contribution is -0.140. The minimum Gasteiger partial charge on any atom is -0.409 e. The summed E-state index contributed by atoms with van der Waals surface area (Å²) in [6.45, 7) is 8.92. The van der Waals surface area contributed by atoms with Crippen molar-refractivity contribution in [3.05, 3.63) is 0 Å². The quantitative estimate of drug-likeness (QED) is 0.313. The highest BCUT2D eigenvalue weighted by atomic mass is 16.4. The second kappa shape index (κ2) is 6.35. The van der Waals surface area contributed by atoms with Crippen LogP contribution in [0.15, 0.2) is 5.16 Å². The zero-order valence-corrected chi connectivity index (χ0v) is 10.7. The number of carbonyl (C=O) groups excluding carboxylic acids is 1. The third kappa shape index (κ3) is 4.08. The SMILES string of the molecule is CCN(CCC(N)=NO)C(=O)C(C)(C)CC. The molecule has 5 nitrogen and oxygen atoms in total. The highest BCUT2D eigenvalue weighted by Crippen LogP contribution is 2.22. The molecule has 3 N–H and O–H groups in total. The average molecular weight is 229 g/mol. The third-order valence-electron chi connectivity index (χ3n) is 2.90. The molecule has 0 aromatic rings. The summed E-state index contributed by atoms with van der Waals surface area (Å²) in [7, 11) is 0. The van der Waals surface area contributed by atoms with Crippen LogP contribution in [0, 0.1) is 5.41 Å². The van der Waals surface area contributed by atoms with Gasteiger partial charge < -0.3 is 15.8 Å². The molecule has 0 saturated heterocycles. The molecule has 0 aromatic heterocycles. The molecule has 0 unspecified atom stereocenters. The molecule has 16 heavy (non-hydrogen) atoms. The molecular weight excluding hydrogens is 206 g/mol. The van der Waals surface area contributed by atoms with E-state index >= 15 is 0 Å². The van der Waals surface area contributed by atoms with E-state index in [0.29, 0.717) is 19.5 Å². The molecule has 0 bridgehead atoms. The molecule has 0 aliphatic heterocycles. The minimum absolute atomic E-state index is 0.114. The van der Waals surface area contributed by atoms with Gasteiger partial charge >= 0.3 is 0 Å². The molecule has 0 heterocycles. The maximum absolute atomic E-state index is 12.1. The Balaban J connectivity index is 4.45. The van der Waals surface area contributed by atoms with Gasteiger partial charge in [-0.05, 0) is 13.3 Å². The normalized spacial score (nSPS) is 12.6. The van der Waals surface area contributed by atoms with Crippen LogP contribution in [0.25, 0.3) is 0 Å². The second-order valence-electron chi connectivity index (χ2n) is 4.46. The van der Waals surface area contributed by atoms with Crippen LogP contribution in [-0.2, 0) is 4.79 Å². The largest absolute Gasteiger partial charge is 0.409 e. The van der Waals surface area contributed by atoms with Crippen molar-refractivity contribution in [1.29, 1.82) is 0 Å². The zero-order chi connectivity index (χ0) is 12.8. The van der Waals surface area contributed by atoms with Gasteiger partial charge in [-0.2, -0.15) is 0 Å². The summed E-state index contributed by atoms with van der Waals surface area (Å²) in [4.78, 5) is 13.8. The van der Waals surface area contributed by atoms with Gasteiger partial charge in [-0.25, -0.2) is 0 Å². The van der Waals surface area contributed by atoms with Crippen LogP contribution in [0.4, 0.5) is 0 Å². The molecule has 5 heteroatoms. The summed E-state index contributed by atoms with van der Waals surface area (Å²) in [5.41, 5.74) is 5.03. The van der Waals surface area contributed by atoms with Gasteiger partial charge in [0.15, 0.2) is 0 Å². The standard InChI is InChI=1S/C11H23N3O2/c1-5-11(3,4)10(15)14(6-2)8-7-9(12)13-16/h16H,5-8H2,1-4H3,(H2,12,13). The number of nitrogens with zero attached hydrogens (tertiary/aromatic N) is 2. The lowest BCUT2D eigenvalue weighted by Gasteiger charge is -2.30. The maximum Gasteiger partial charge on any atom is 0.228 e. The van der Waals surface area contributed by atoms with E-state index < -0.39 is 0 Å². The van der Waals surface area contributed by atoms with E-state index in [4.69, 9.17) is 10.9 Å². The van der Waals surface area contributed by atoms with Gasteiger partial charge in [-0.1, -0.05) is 25.9 Å². The van der Waals surface area contributed by atoms with E-state index in [-0.39, 0.29) is 17.2 Å². The molecule has 0 radical (unpaired) electrons. The van der Waals surface area contributed by atoms with Crippen molar-refractivity contribution in [3.8, 4) is 0 Å². The van der Waals surface area contributed by atoms with Crippen LogP contribution in [0.5, 0.6) is 0 Å². The molecule has 1 amide bonds. The monoisotopic (exact) mass is 229 g/mol. The van der Waals surface area contributed by atoms with Crippen LogP contribution in [0.3, 0.4) is 0 Å². The Morgan fingerprint density at radius 2 is 2.00 bits per heavy atom. The van der Waals surface area contributed by atoms with Crippen molar-refractivity contribution in [2.75, 3.05) is 13.1 Å². The van der Waals surface area contributed by atoms with Crippen molar-refractivity contribution in [3.63, 3.8) is 0 Å². The van der Waals surface area contributed by atoms with Gasteiger partial charge in [0.05, 0.1) is 0 Å². The maximum atomic E-state index is 12.1. The van der Waals surface area contributed by atoms with Gasteiger partial charge in [0.25, 0.3) is 0 Å². The molecular formula is C11H23N3O2. The Kier molecular flexibility index (Phi) is 5.85. The number of hydrogen-bond donors (Lipinski definition) is 2. The first kappa shape index (κ1) is 14.7. The molecule has 0 spiro atoms. The van der Waals surface area contributed by atoms with E-state index in [1.807, 2.05) is 27.7 Å². The fraction of sp³-hybridized carbons (Fsp3) is 0.818. The highest BCUT2D eigenvalue weighted by molar-refractivity contribution is 5.83. The molecule has 0 aliphatic carbocycles. The smallest absolute Gasteiger partial charge is 0.228 e. The van der Waals surface area contributed by atoms with Gasteiger partial charge in [0.1, 0.15) is 5.84 Å². The predicted molar refractivity (Wildman–Crippen MR) is 64.4 cm³/mol. The number of amides is 1. The zero-order valence-electron chi connectivity index (χ0n) is 10.7. The lowest BCUT2D eigenvalue weighted by atomic mass is 9.88. The summed E-state index contributed by atoms with van der Waals surface area (Å²) >= 11 is 0. The van der Waals surface area contributed by atoms with E-state index in [2.05, 4.69) is 5.16 Å². The van der Waals surface area contributed by atoms with Gasteiger partial charge in [-0.15, -0.1) is 0 Å². The van der Waals surface area contributed by atoms with E-state index in [9.17, 15) is 4.79 Å². The molecule has 0 aliphatic rings. The van der Waals surface area contributed by atoms with E-state index in [0.717, 1.165) is 6.42 Å². The first-order valence-electron chi connectivity index (χ1n) is 5.64. The topological polar surface area (TPSA) is 78.9 Å². The summed E-state index contributed by atoms with van der Waals surface area (Å²) < 4.78 is 0. The predicted octanol–water partition coefficient (Wildman–Crippen LogP) is 1.41. The summed E-state index contributed by atoms with van der Waals surface area (Å²) in [6.07, 6.45) is 1.20. The van der Waals surface area contributed by atoms with E-state index in [1.54, 1.807) is 4.90 Å². The van der Waals surface area contributed by atoms with Crippen molar-refractivity contribution in [1.82, 2.24) is 4.90 Å². The molecule has 0 saturated carbocycles. The summed E-state index contributed by atoms with van der Waals surface area (Å²) in [6, 6.07) is 0. The number of oxime groups is 1. The Labute approximate surface area is 97.3 Å². The molecule has 0 fully saturated rings. The average Bonchev–Trinajstić information content (AvgIpc) is 2.29. The van der Waals surface area contributed by atoms with Crippen LogP contribution in [-0.4, -0.2) is 34.9 Å². The van der Waals surface area contributed by atoms with Crippen molar-refractivity contribution < 1.29 is 10.0 Å². The minimum atomic E-state index is -0.346. The van der Waals surface area contributed by atoms with Crippen LogP contribution in [0.1, 0.15) is 40.5 Å².